The Morgan fingerprint density at radius 2 is 1.92 bits per heavy atom. The molecule has 1 N–H and O–H groups in total. The van der Waals surface area contributed by atoms with Crippen LogP contribution in [0.25, 0.3) is 11.0 Å². The molecule has 0 saturated heterocycles. The summed E-state index contributed by atoms with van der Waals surface area (Å²) in [6.07, 6.45) is 2.13. The molecule has 0 radical (unpaired) electrons. The molecular weight excluding hydrogens is 316 g/mol. The maximum atomic E-state index is 13.0. The van der Waals surface area contributed by atoms with Crippen molar-refractivity contribution < 1.29 is 9.53 Å². The minimum Gasteiger partial charge on any atom is -0.494 e. The minimum absolute atomic E-state index is 0.0429. The van der Waals surface area contributed by atoms with Gasteiger partial charge in [-0.25, -0.2) is 0 Å². The smallest absolute Gasteiger partial charge is 0.254 e. The van der Waals surface area contributed by atoms with E-state index in [-0.39, 0.29) is 5.91 Å². The fraction of sp³-hybridized carbons (Fsp3) is 0.316. The van der Waals surface area contributed by atoms with Crippen molar-refractivity contribution >= 4 is 16.9 Å². The monoisotopic (exact) mass is 336 g/mol. The summed E-state index contributed by atoms with van der Waals surface area (Å²) in [5, 5.41) is 10.7. The molecule has 4 rings (SSSR count). The van der Waals surface area contributed by atoms with E-state index >= 15 is 0 Å². The van der Waals surface area contributed by atoms with Gasteiger partial charge in [0.15, 0.2) is 0 Å². The molecular formula is C19H20N4O2. The van der Waals surface area contributed by atoms with Crippen LogP contribution in [0, 0.1) is 0 Å². The molecule has 25 heavy (non-hydrogen) atoms. The van der Waals surface area contributed by atoms with E-state index in [9.17, 15) is 4.79 Å². The average Bonchev–Trinajstić information content (AvgIpc) is 3.37. The third-order valence-corrected chi connectivity index (χ3v) is 4.40. The van der Waals surface area contributed by atoms with Crippen molar-refractivity contribution in [3.63, 3.8) is 0 Å². The highest BCUT2D eigenvalue weighted by Crippen LogP contribution is 2.30. The number of carbonyl (C=O) groups is 1. The lowest BCUT2D eigenvalue weighted by molar-refractivity contribution is 0.0730. The maximum absolute atomic E-state index is 13.0. The molecule has 0 aliphatic heterocycles. The Balaban J connectivity index is 1.55. The number of hydrogen-bond donors (Lipinski definition) is 1. The SMILES string of the molecule is CCOc1ccc(CN(C(=O)c2ccc3n[nH]nc3c2)C2CC2)cc1. The average molecular weight is 336 g/mol. The van der Waals surface area contributed by atoms with E-state index < -0.39 is 0 Å². The second kappa shape index (κ2) is 6.55. The van der Waals surface area contributed by atoms with Gasteiger partial charge in [0, 0.05) is 18.2 Å². The van der Waals surface area contributed by atoms with Gasteiger partial charge in [-0.1, -0.05) is 12.1 Å². The Kier molecular flexibility index (Phi) is 4.09. The Labute approximate surface area is 145 Å². The zero-order valence-corrected chi connectivity index (χ0v) is 14.1. The molecule has 1 aliphatic rings. The van der Waals surface area contributed by atoms with Crippen LogP contribution in [-0.4, -0.2) is 38.9 Å². The Hall–Kier alpha value is -2.89. The summed E-state index contributed by atoms with van der Waals surface area (Å²) in [5.74, 6) is 0.897. The molecule has 0 atom stereocenters. The molecule has 3 aromatic rings. The van der Waals surface area contributed by atoms with Crippen LogP contribution in [0.2, 0.25) is 0 Å². The molecule has 2 aromatic carbocycles. The first kappa shape index (κ1) is 15.6. The van der Waals surface area contributed by atoms with E-state index in [2.05, 4.69) is 15.4 Å². The Bertz CT molecular complexity index is 884. The van der Waals surface area contributed by atoms with Gasteiger partial charge in [0.2, 0.25) is 0 Å². The van der Waals surface area contributed by atoms with Crippen LogP contribution in [0.1, 0.15) is 35.7 Å². The third kappa shape index (κ3) is 3.33. The fourth-order valence-corrected chi connectivity index (χ4v) is 2.95. The van der Waals surface area contributed by atoms with Gasteiger partial charge in [-0.2, -0.15) is 15.4 Å². The number of aromatic amines is 1. The standard InChI is InChI=1S/C19H20N4O2/c1-2-25-16-8-3-13(4-9-16)12-23(15-6-7-15)19(24)14-5-10-17-18(11-14)21-22-20-17/h3-5,8-11,15H,2,6-7,12H2,1H3,(H,20,21,22). The van der Waals surface area contributed by atoms with Gasteiger partial charge in [0.1, 0.15) is 16.8 Å². The molecule has 1 aliphatic carbocycles. The number of fused-ring (bicyclic) bond motifs is 1. The fourth-order valence-electron chi connectivity index (χ4n) is 2.95. The molecule has 1 heterocycles. The Morgan fingerprint density at radius 1 is 1.16 bits per heavy atom. The van der Waals surface area contributed by atoms with Crippen LogP contribution < -0.4 is 4.74 Å². The lowest BCUT2D eigenvalue weighted by atomic mass is 10.1. The van der Waals surface area contributed by atoms with Crippen molar-refractivity contribution in [2.75, 3.05) is 6.61 Å². The molecule has 128 valence electrons. The van der Waals surface area contributed by atoms with Crippen molar-refractivity contribution in [2.24, 2.45) is 0 Å². The first-order valence-corrected chi connectivity index (χ1v) is 8.58. The summed E-state index contributed by atoms with van der Waals surface area (Å²) in [5.41, 5.74) is 3.23. The predicted octanol–water partition coefficient (Wildman–Crippen LogP) is 3.16. The highest BCUT2D eigenvalue weighted by molar-refractivity contribution is 5.97. The third-order valence-electron chi connectivity index (χ3n) is 4.40. The van der Waals surface area contributed by atoms with E-state index in [1.807, 2.05) is 48.2 Å². The van der Waals surface area contributed by atoms with E-state index in [1.54, 1.807) is 6.07 Å². The highest BCUT2D eigenvalue weighted by atomic mass is 16.5. The van der Waals surface area contributed by atoms with Gasteiger partial charge >= 0.3 is 0 Å². The molecule has 6 heteroatoms. The minimum atomic E-state index is 0.0429. The molecule has 0 bridgehead atoms. The number of rotatable bonds is 6. The summed E-state index contributed by atoms with van der Waals surface area (Å²) >= 11 is 0. The first-order chi connectivity index (χ1) is 12.2. The van der Waals surface area contributed by atoms with Crippen molar-refractivity contribution in [1.82, 2.24) is 20.3 Å². The van der Waals surface area contributed by atoms with Gasteiger partial charge in [-0.3, -0.25) is 4.79 Å². The van der Waals surface area contributed by atoms with Crippen molar-refractivity contribution in [3.05, 3.63) is 53.6 Å². The number of ether oxygens (including phenoxy) is 1. The number of carbonyl (C=O) groups excluding carboxylic acids is 1. The van der Waals surface area contributed by atoms with Crippen LogP contribution in [0.3, 0.4) is 0 Å². The van der Waals surface area contributed by atoms with Crippen LogP contribution in [0.5, 0.6) is 5.75 Å². The topological polar surface area (TPSA) is 71.1 Å². The molecule has 1 aromatic heterocycles. The van der Waals surface area contributed by atoms with Gasteiger partial charge in [0.25, 0.3) is 5.91 Å². The molecule has 0 unspecified atom stereocenters. The Morgan fingerprint density at radius 3 is 2.64 bits per heavy atom. The number of amides is 1. The second-order valence-corrected chi connectivity index (χ2v) is 6.27. The van der Waals surface area contributed by atoms with Crippen LogP contribution in [0.15, 0.2) is 42.5 Å². The largest absolute Gasteiger partial charge is 0.494 e. The van der Waals surface area contributed by atoms with Crippen molar-refractivity contribution in [1.29, 1.82) is 0 Å². The first-order valence-electron chi connectivity index (χ1n) is 8.58. The number of aromatic nitrogens is 3. The summed E-state index contributed by atoms with van der Waals surface area (Å²) in [7, 11) is 0. The van der Waals surface area contributed by atoms with Gasteiger partial charge in [-0.05, 0) is 55.7 Å². The summed E-state index contributed by atoms with van der Waals surface area (Å²) in [6, 6.07) is 13.7. The summed E-state index contributed by atoms with van der Waals surface area (Å²) in [6.45, 7) is 3.22. The zero-order valence-electron chi connectivity index (χ0n) is 14.1. The molecule has 0 spiro atoms. The zero-order chi connectivity index (χ0) is 17.2. The van der Waals surface area contributed by atoms with Crippen LogP contribution in [-0.2, 0) is 6.54 Å². The van der Waals surface area contributed by atoms with Crippen LogP contribution >= 0.6 is 0 Å². The predicted molar refractivity (Wildman–Crippen MR) is 94.4 cm³/mol. The van der Waals surface area contributed by atoms with Gasteiger partial charge in [0.05, 0.1) is 6.61 Å². The molecule has 1 fully saturated rings. The van der Waals surface area contributed by atoms with E-state index in [1.165, 1.54) is 0 Å². The number of nitrogens with zero attached hydrogens (tertiary/aromatic N) is 3. The van der Waals surface area contributed by atoms with E-state index in [0.717, 1.165) is 29.7 Å². The van der Waals surface area contributed by atoms with Crippen molar-refractivity contribution in [2.45, 2.75) is 32.4 Å². The number of H-pyrrole nitrogens is 1. The number of hydrogen-bond acceptors (Lipinski definition) is 4. The lowest BCUT2D eigenvalue weighted by Crippen LogP contribution is -2.32. The summed E-state index contributed by atoms with van der Waals surface area (Å²) in [4.78, 5) is 15.0. The highest BCUT2D eigenvalue weighted by Gasteiger charge is 2.33. The lowest BCUT2D eigenvalue weighted by Gasteiger charge is -2.23. The van der Waals surface area contributed by atoms with Gasteiger partial charge < -0.3 is 9.64 Å². The molecule has 1 amide bonds. The van der Waals surface area contributed by atoms with Crippen molar-refractivity contribution in [3.8, 4) is 5.75 Å². The van der Waals surface area contributed by atoms with Gasteiger partial charge in [-0.15, -0.1) is 0 Å². The number of nitrogens with one attached hydrogen (secondary N) is 1. The normalized spacial score (nSPS) is 13.8. The second-order valence-electron chi connectivity index (χ2n) is 6.27. The quantitative estimate of drug-likeness (QED) is 0.750. The number of benzene rings is 2. The van der Waals surface area contributed by atoms with E-state index in [4.69, 9.17) is 4.74 Å². The summed E-state index contributed by atoms with van der Waals surface area (Å²) < 4.78 is 5.48. The van der Waals surface area contributed by atoms with E-state index in [0.29, 0.717) is 30.3 Å². The van der Waals surface area contributed by atoms with Crippen LogP contribution in [0.4, 0.5) is 0 Å². The molecule has 1 saturated carbocycles. The maximum Gasteiger partial charge on any atom is 0.254 e. The molecule has 6 nitrogen and oxygen atoms in total.